The molecule has 118 valence electrons. The molecule has 0 amide bonds. The van der Waals surface area contributed by atoms with Crippen molar-refractivity contribution in [3.8, 4) is 0 Å². The minimum atomic E-state index is -0.274. The fourth-order valence-electron chi connectivity index (χ4n) is 3.09. The molecule has 0 aliphatic heterocycles. The van der Waals surface area contributed by atoms with E-state index in [2.05, 4.69) is 56.9 Å². The number of hydrogen-bond donors (Lipinski definition) is 0. The van der Waals surface area contributed by atoms with E-state index in [0.29, 0.717) is 13.0 Å². The van der Waals surface area contributed by atoms with Crippen LogP contribution in [0.1, 0.15) is 51.7 Å². The molecule has 0 aliphatic rings. The highest BCUT2D eigenvalue weighted by Gasteiger charge is 2.38. The first-order valence-corrected chi connectivity index (χ1v) is 8.01. The fraction of sp³-hybridized carbons (Fsp3) is 0.611. The summed E-state index contributed by atoms with van der Waals surface area (Å²) in [6, 6.07) is 8.54. The van der Waals surface area contributed by atoms with E-state index >= 15 is 0 Å². The Labute approximate surface area is 129 Å². The van der Waals surface area contributed by atoms with Gasteiger partial charge in [-0.3, -0.25) is 9.69 Å². The highest BCUT2D eigenvalue weighted by Crippen LogP contribution is 2.36. The molecule has 0 saturated carbocycles. The van der Waals surface area contributed by atoms with Crippen LogP contribution >= 0.6 is 0 Å². The van der Waals surface area contributed by atoms with E-state index in [0.717, 1.165) is 19.5 Å². The maximum atomic E-state index is 12.1. The smallest absolute Gasteiger partial charge is 0.308 e. The van der Waals surface area contributed by atoms with E-state index in [-0.39, 0.29) is 11.5 Å². The maximum Gasteiger partial charge on any atom is 0.308 e. The lowest BCUT2D eigenvalue weighted by atomic mass is 9.81. The highest BCUT2D eigenvalue weighted by atomic mass is 16.5. The molecule has 0 radical (unpaired) electrons. The molecule has 0 bridgehead atoms. The number of carbonyl (C=O) groups is 1. The zero-order valence-corrected chi connectivity index (χ0v) is 14.1. The molecule has 21 heavy (non-hydrogen) atoms. The van der Waals surface area contributed by atoms with Crippen molar-refractivity contribution in [3.05, 3.63) is 35.4 Å². The monoisotopic (exact) mass is 291 g/mol. The fourth-order valence-corrected chi connectivity index (χ4v) is 3.09. The molecule has 0 aromatic heterocycles. The van der Waals surface area contributed by atoms with E-state index in [1.165, 1.54) is 11.1 Å². The van der Waals surface area contributed by atoms with E-state index in [9.17, 15) is 4.79 Å². The first kappa shape index (κ1) is 17.7. The van der Waals surface area contributed by atoms with E-state index in [1.54, 1.807) is 0 Å². The molecule has 1 aromatic rings. The Morgan fingerprint density at radius 1 is 1.10 bits per heavy atom. The molecule has 0 N–H and O–H groups in total. The van der Waals surface area contributed by atoms with Crippen LogP contribution < -0.4 is 0 Å². The molecule has 3 heteroatoms. The van der Waals surface area contributed by atoms with Gasteiger partial charge in [0.25, 0.3) is 0 Å². The lowest BCUT2D eigenvalue weighted by Crippen LogP contribution is -2.47. The van der Waals surface area contributed by atoms with Crippen molar-refractivity contribution in [3.63, 3.8) is 0 Å². The average molecular weight is 291 g/mol. The third-order valence-electron chi connectivity index (χ3n) is 4.28. The van der Waals surface area contributed by atoms with Crippen molar-refractivity contribution in [1.29, 1.82) is 0 Å². The van der Waals surface area contributed by atoms with Crippen LogP contribution in [-0.4, -0.2) is 30.6 Å². The highest BCUT2D eigenvalue weighted by molar-refractivity contribution is 5.71. The number of rotatable bonds is 8. The van der Waals surface area contributed by atoms with E-state index in [4.69, 9.17) is 4.74 Å². The topological polar surface area (TPSA) is 29.5 Å². The molecule has 1 aromatic carbocycles. The van der Waals surface area contributed by atoms with E-state index in [1.807, 2.05) is 6.92 Å². The average Bonchev–Trinajstić information content (AvgIpc) is 2.48. The third kappa shape index (κ3) is 4.07. The van der Waals surface area contributed by atoms with Gasteiger partial charge in [0.15, 0.2) is 0 Å². The number of carbonyl (C=O) groups excluding carboxylic acids is 1. The van der Waals surface area contributed by atoms with Gasteiger partial charge in [-0.2, -0.15) is 0 Å². The van der Waals surface area contributed by atoms with Gasteiger partial charge < -0.3 is 4.74 Å². The number of esters is 1. The van der Waals surface area contributed by atoms with Gasteiger partial charge in [-0.1, -0.05) is 50.6 Å². The molecule has 3 nitrogen and oxygen atoms in total. The van der Waals surface area contributed by atoms with Crippen LogP contribution in [-0.2, 0) is 15.1 Å². The Kier molecular flexibility index (Phi) is 6.90. The summed E-state index contributed by atoms with van der Waals surface area (Å²) in [6.45, 7) is 12.6. The second-order valence-electron chi connectivity index (χ2n) is 5.41. The predicted octanol–water partition coefficient (Wildman–Crippen LogP) is 3.90. The maximum absolute atomic E-state index is 12.1. The summed E-state index contributed by atoms with van der Waals surface area (Å²) in [5.74, 6) is -0.119. The Bertz CT molecular complexity index is 437. The summed E-state index contributed by atoms with van der Waals surface area (Å²) in [5.41, 5.74) is 2.16. The summed E-state index contributed by atoms with van der Waals surface area (Å²) in [4.78, 5) is 14.5. The number of nitrogens with zero attached hydrogens (tertiary/aromatic N) is 1. The van der Waals surface area contributed by atoms with Crippen molar-refractivity contribution < 1.29 is 9.53 Å². The van der Waals surface area contributed by atoms with Crippen LogP contribution in [0.3, 0.4) is 0 Å². The zero-order valence-electron chi connectivity index (χ0n) is 14.1. The van der Waals surface area contributed by atoms with Crippen molar-refractivity contribution in [2.45, 2.75) is 53.0 Å². The number of benzene rings is 1. The second-order valence-corrected chi connectivity index (χ2v) is 5.41. The number of aryl methyl sites for hydroxylation is 1. The van der Waals surface area contributed by atoms with Crippen LogP contribution in [0.4, 0.5) is 0 Å². The SMILES string of the molecule is CCOC(=O)CC(CC)(c1ccc(C)cc1)N(CC)CC. The van der Waals surface area contributed by atoms with Crippen LogP contribution in [0.2, 0.25) is 0 Å². The Morgan fingerprint density at radius 2 is 1.67 bits per heavy atom. The van der Waals surface area contributed by atoms with Crippen molar-refractivity contribution in [2.75, 3.05) is 19.7 Å². The van der Waals surface area contributed by atoms with Gasteiger partial charge >= 0.3 is 5.97 Å². The summed E-state index contributed by atoms with van der Waals surface area (Å²) in [5, 5.41) is 0. The third-order valence-corrected chi connectivity index (χ3v) is 4.28. The van der Waals surface area contributed by atoms with Gasteiger partial charge in [-0.25, -0.2) is 0 Å². The summed E-state index contributed by atoms with van der Waals surface area (Å²) in [7, 11) is 0. The van der Waals surface area contributed by atoms with Crippen LogP contribution in [0.5, 0.6) is 0 Å². The van der Waals surface area contributed by atoms with Crippen molar-refractivity contribution >= 4 is 5.97 Å². The summed E-state index contributed by atoms with van der Waals surface area (Å²) < 4.78 is 5.22. The second kappa shape index (κ2) is 8.18. The van der Waals surface area contributed by atoms with Gasteiger partial charge in [0.1, 0.15) is 0 Å². The first-order valence-electron chi connectivity index (χ1n) is 8.01. The Morgan fingerprint density at radius 3 is 2.10 bits per heavy atom. The van der Waals surface area contributed by atoms with Crippen LogP contribution in [0.25, 0.3) is 0 Å². The lowest BCUT2D eigenvalue weighted by Gasteiger charge is -2.43. The molecule has 1 rings (SSSR count). The molecule has 0 aliphatic carbocycles. The molecule has 1 atom stereocenters. The van der Waals surface area contributed by atoms with E-state index < -0.39 is 0 Å². The summed E-state index contributed by atoms with van der Waals surface area (Å²) >= 11 is 0. The largest absolute Gasteiger partial charge is 0.466 e. The number of ether oxygens (including phenoxy) is 1. The van der Waals surface area contributed by atoms with Gasteiger partial charge in [0, 0.05) is 0 Å². The molecule has 1 unspecified atom stereocenters. The van der Waals surface area contributed by atoms with Gasteiger partial charge in [0.2, 0.25) is 0 Å². The molecule has 0 heterocycles. The lowest BCUT2D eigenvalue weighted by molar-refractivity contribution is -0.147. The van der Waals surface area contributed by atoms with Crippen molar-refractivity contribution in [2.24, 2.45) is 0 Å². The predicted molar refractivity (Wildman–Crippen MR) is 87.3 cm³/mol. The summed E-state index contributed by atoms with van der Waals surface area (Å²) in [6.07, 6.45) is 1.29. The van der Waals surface area contributed by atoms with Crippen LogP contribution in [0, 0.1) is 6.92 Å². The van der Waals surface area contributed by atoms with Crippen molar-refractivity contribution in [1.82, 2.24) is 4.90 Å². The number of hydrogen-bond acceptors (Lipinski definition) is 3. The minimum absolute atomic E-state index is 0.119. The molecule has 0 spiro atoms. The molecular formula is C18H29NO2. The van der Waals surface area contributed by atoms with Gasteiger partial charge in [0.05, 0.1) is 18.6 Å². The molecular weight excluding hydrogens is 262 g/mol. The molecule has 0 fully saturated rings. The van der Waals surface area contributed by atoms with Crippen LogP contribution in [0.15, 0.2) is 24.3 Å². The Balaban J connectivity index is 3.24. The Hall–Kier alpha value is -1.35. The molecule has 0 saturated heterocycles. The first-order chi connectivity index (χ1) is 10.0. The van der Waals surface area contributed by atoms with Gasteiger partial charge in [-0.15, -0.1) is 0 Å². The quantitative estimate of drug-likeness (QED) is 0.680. The zero-order chi connectivity index (χ0) is 15.9. The minimum Gasteiger partial charge on any atom is -0.466 e. The normalized spacial score (nSPS) is 14.0. The van der Waals surface area contributed by atoms with Gasteiger partial charge in [-0.05, 0) is 38.9 Å². The standard InChI is InChI=1S/C18H29NO2/c1-6-18(19(7-2)8-3,14-17(20)21-9-4)16-12-10-15(5)11-13-16/h10-13H,6-9,14H2,1-5H3.